The van der Waals surface area contributed by atoms with Gasteiger partial charge in [0.05, 0.1) is 39.8 Å². The highest BCUT2D eigenvalue weighted by molar-refractivity contribution is 7.92. The fourth-order valence-electron chi connectivity index (χ4n) is 4.10. The van der Waals surface area contributed by atoms with Gasteiger partial charge in [-0.05, 0) is 75.9 Å². The van der Waals surface area contributed by atoms with Gasteiger partial charge in [0, 0.05) is 11.8 Å². The number of ether oxygens (including phenoxy) is 1. The first kappa shape index (κ1) is 31.0. The van der Waals surface area contributed by atoms with E-state index in [1.807, 2.05) is 14.1 Å². The summed E-state index contributed by atoms with van der Waals surface area (Å²) >= 11 is 6.38. The van der Waals surface area contributed by atoms with Gasteiger partial charge in [0.2, 0.25) is 5.91 Å². The number of benzene rings is 3. The molecule has 1 aromatic heterocycles. The van der Waals surface area contributed by atoms with Crippen molar-refractivity contribution in [1.29, 1.82) is 0 Å². The Labute approximate surface area is 250 Å². The lowest BCUT2D eigenvalue weighted by molar-refractivity contribution is -0.117. The number of nitrogens with one attached hydrogen (secondary N) is 3. The number of unbranched alkanes of at least 4 members (excludes halogenated alkanes) is 1. The summed E-state index contributed by atoms with van der Waals surface area (Å²) in [5, 5.41) is 6.17. The van der Waals surface area contributed by atoms with Crippen molar-refractivity contribution in [3.8, 4) is 5.75 Å². The second kappa shape index (κ2) is 13.8. The smallest absolute Gasteiger partial charge is 0.263 e. The van der Waals surface area contributed by atoms with Gasteiger partial charge in [0.15, 0.2) is 11.6 Å². The quantitative estimate of drug-likeness (QED) is 0.156. The fraction of sp³-hybridized carbons (Fsp3) is 0.276. The Kier molecular flexibility index (Phi) is 10.2. The topological polar surface area (TPSA) is 152 Å². The molecule has 1 heterocycles. The van der Waals surface area contributed by atoms with Crippen molar-refractivity contribution in [2.75, 3.05) is 43.1 Å². The Bertz CT molecular complexity index is 1670. The number of sulfonamides is 1. The lowest BCUT2D eigenvalue weighted by atomic mass is 10.1. The third kappa shape index (κ3) is 8.07. The molecule has 0 saturated carbocycles. The molecule has 3 aromatic carbocycles. The van der Waals surface area contributed by atoms with Gasteiger partial charge < -0.3 is 26.0 Å². The van der Waals surface area contributed by atoms with Gasteiger partial charge in [-0.2, -0.15) is 0 Å². The number of nitrogens with zero attached hydrogens (tertiary/aromatic N) is 3. The highest BCUT2D eigenvalue weighted by Crippen LogP contribution is 2.33. The molecular weight excluding hydrogens is 578 g/mol. The molecule has 0 bridgehead atoms. The van der Waals surface area contributed by atoms with Crippen LogP contribution in [-0.4, -0.2) is 63.0 Å². The van der Waals surface area contributed by atoms with E-state index in [4.69, 9.17) is 22.1 Å². The van der Waals surface area contributed by atoms with Crippen LogP contribution in [0.2, 0.25) is 5.02 Å². The molecule has 0 aliphatic heterocycles. The predicted molar refractivity (Wildman–Crippen MR) is 167 cm³/mol. The van der Waals surface area contributed by atoms with Crippen molar-refractivity contribution >= 4 is 61.6 Å². The van der Waals surface area contributed by atoms with Gasteiger partial charge in [0.1, 0.15) is 5.75 Å². The molecule has 0 aliphatic rings. The van der Waals surface area contributed by atoms with Crippen LogP contribution in [0.15, 0.2) is 71.6 Å². The minimum Gasteiger partial charge on any atom is -0.497 e. The summed E-state index contributed by atoms with van der Waals surface area (Å²) in [7, 11) is 1.34. The van der Waals surface area contributed by atoms with Gasteiger partial charge in [0.25, 0.3) is 10.0 Å². The summed E-state index contributed by atoms with van der Waals surface area (Å²) in [5.41, 5.74) is 7.85. The molecule has 0 aliphatic carbocycles. The molecule has 4 aromatic rings. The Balaban J connectivity index is 1.57. The second-order valence-electron chi connectivity index (χ2n) is 9.91. The van der Waals surface area contributed by atoms with Gasteiger partial charge in [-0.15, -0.1) is 0 Å². The van der Waals surface area contributed by atoms with E-state index in [1.54, 1.807) is 48.5 Å². The van der Waals surface area contributed by atoms with E-state index in [1.165, 1.54) is 25.3 Å². The molecule has 0 spiro atoms. The number of amides is 1. The number of halogens is 1. The molecule has 0 radical (unpaired) electrons. The predicted octanol–water partition coefficient (Wildman–Crippen LogP) is 4.83. The number of nitrogens with two attached hydrogens (primary N) is 1. The third-order valence-electron chi connectivity index (χ3n) is 6.35. The molecule has 222 valence electrons. The lowest BCUT2D eigenvalue weighted by Crippen LogP contribution is -2.35. The summed E-state index contributed by atoms with van der Waals surface area (Å²) in [4.78, 5) is 23.7. The Morgan fingerprint density at radius 3 is 2.40 bits per heavy atom. The molecular formula is C29H34ClN7O4S. The highest BCUT2D eigenvalue weighted by Gasteiger charge is 2.21. The molecule has 13 heteroatoms. The van der Waals surface area contributed by atoms with Crippen LogP contribution < -0.4 is 25.8 Å². The fourth-order valence-corrected chi connectivity index (χ4v) is 5.32. The number of carbonyl (C=O) groups excluding carboxylic acids is 1. The number of carbonyl (C=O) groups is 1. The largest absolute Gasteiger partial charge is 0.497 e. The summed E-state index contributed by atoms with van der Waals surface area (Å²) in [6, 6.07) is 17.3. The van der Waals surface area contributed by atoms with Crippen molar-refractivity contribution in [3.63, 3.8) is 0 Å². The Hall–Kier alpha value is -3.97. The zero-order valence-corrected chi connectivity index (χ0v) is 25.2. The Morgan fingerprint density at radius 1 is 1.00 bits per heavy atom. The maximum atomic E-state index is 13.5. The van der Waals surface area contributed by atoms with Crippen molar-refractivity contribution in [1.82, 2.24) is 14.9 Å². The molecule has 1 amide bonds. The van der Waals surface area contributed by atoms with Crippen molar-refractivity contribution in [2.24, 2.45) is 5.73 Å². The first-order chi connectivity index (χ1) is 20.1. The number of fused-ring (bicyclic) bond motifs is 1. The molecule has 4 rings (SSSR count). The van der Waals surface area contributed by atoms with Gasteiger partial charge >= 0.3 is 0 Å². The van der Waals surface area contributed by atoms with Gasteiger partial charge in [-0.3, -0.25) is 9.52 Å². The molecule has 0 saturated heterocycles. The maximum absolute atomic E-state index is 13.5. The molecule has 1 atom stereocenters. The van der Waals surface area contributed by atoms with E-state index in [9.17, 15) is 13.2 Å². The first-order valence-electron chi connectivity index (χ1n) is 13.3. The summed E-state index contributed by atoms with van der Waals surface area (Å²) in [6.07, 6.45) is 2.24. The Morgan fingerprint density at radius 2 is 1.71 bits per heavy atom. The number of anilines is 4. The number of rotatable bonds is 13. The number of methoxy groups -OCH3 is 1. The van der Waals surface area contributed by atoms with Crippen LogP contribution in [0.25, 0.3) is 11.0 Å². The van der Waals surface area contributed by atoms with Gasteiger partial charge in [-0.1, -0.05) is 36.2 Å². The van der Waals surface area contributed by atoms with Crippen LogP contribution in [0.4, 0.5) is 23.0 Å². The van der Waals surface area contributed by atoms with Crippen LogP contribution in [-0.2, 0) is 14.8 Å². The minimum absolute atomic E-state index is 0.0400. The monoisotopic (exact) mass is 611 g/mol. The van der Waals surface area contributed by atoms with E-state index in [0.717, 1.165) is 19.4 Å². The molecule has 42 heavy (non-hydrogen) atoms. The van der Waals surface area contributed by atoms with E-state index in [-0.39, 0.29) is 22.4 Å². The van der Waals surface area contributed by atoms with Crippen molar-refractivity contribution < 1.29 is 17.9 Å². The summed E-state index contributed by atoms with van der Waals surface area (Å²) < 4.78 is 34.9. The van der Waals surface area contributed by atoms with Crippen LogP contribution >= 0.6 is 11.6 Å². The highest BCUT2D eigenvalue weighted by atomic mass is 35.5. The number of aromatic nitrogens is 2. The average molecular weight is 612 g/mol. The normalized spacial score (nSPS) is 12.2. The number of para-hydroxylation sites is 2. The SMILES string of the molecule is COc1ccc(Cl)c(Nc2nc3ccccc3nc2NS(=O)(=O)c2cccc(NC(=O)C(N)CCCCN(C)C)c2)c1. The third-order valence-corrected chi connectivity index (χ3v) is 8.01. The molecule has 5 N–H and O–H groups in total. The van der Waals surface area contributed by atoms with Crippen LogP contribution in [0, 0.1) is 0 Å². The lowest BCUT2D eigenvalue weighted by Gasteiger charge is -2.16. The van der Waals surface area contributed by atoms with Gasteiger partial charge in [-0.25, -0.2) is 18.4 Å². The van der Waals surface area contributed by atoms with E-state index >= 15 is 0 Å². The minimum atomic E-state index is -4.16. The van der Waals surface area contributed by atoms with E-state index in [0.29, 0.717) is 39.6 Å². The second-order valence-corrected chi connectivity index (χ2v) is 12.0. The standard InChI is InChI=1S/C29H34ClN7O4S/c1-37(2)16-7-6-11-23(31)29(38)32-19-9-8-10-21(17-19)42(39,40)36-28-27(33-24-12-4-5-13-25(24)34-28)35-26-18-20(41-3)14-15-22(26)30/h4-5,8-10,12-15,17-18,23H,6-7,11,16,31H2,1-3H3,(H,32,38)(H,33,35)(H,34,36). The summed E-state index contributed by atoms with van der Waals surface area (Å²) in [5.74, 6) is 0.258. The first-order valence-corrected chi connectivity index (χ1v) is 15.1. The zero-order valence-electron chi connectivity index (χ0n) is 23.6. The van der Waals surface area contributed by atoms with E-state index < -0.39 is 16.1 Å². The molecule has 11 nitrogen and oxygen atoms in total. The maximum Gasteiger partial charge on any atom is 0.263 e. The van der Waals surface area contributed by atoms with Crippen molar-refractivity contribution in [2.45, 2.75) is 30.2 Å². The molecule has 1 unspecified atom stereocenters. The summed E-state index contributed by atoms with van der Waals surface area (Å²) in [6.45, 7) is 0.909. The molecule has 0 fully saturated rings. The number of hydrogen-bond acceptors (Lipinski definition) is 9. The van der Waals surface area contributed by atoms with Crippen LogP contribution in [0.1, 0.15) is 19.3 Å². The van der Waals surface area contributed by atoms with Crippen LogP contribution in [0.3, 0.4) is 0 Å². The average Bonchev–Trinajstić information content (AvgIpc) is 2.96. The zero-order chi connectivity index (χ0) is 30.3. The van der Waals surface area contributed by atoms with Crippen LogP contribution in [0.5, 0.6) is 5.75 Å². The van der Waals surface area contributed by atoms with Crippen molar-refractivity contribution in [3.05, 3.63) is 71.8 Å². The van der Waals surface area contributed by atoms with E-state index in [2.05, 4.69) is 30.2 Å². The number of hydrogen-bond donors (Lipinski definition) is 4.